The molecule has 6 heteroatoms. The van der Waals surface area contributed by atoms with E-state index in [1.807, 2.05) is 33.8 Å². The smallest absolute Gasteiger partial charge is 0.181 e. The summed E-state index contributed by atoms with van der Waals surface area (Å²) in [6.45, 7) is 4.86. The maximum Gasteiger partial charge on any atom is 0.181 e. The van der Waals surface area contributed by atoms with Crippen LogP contribution in [0.3, 0.4) is 0 Å². The molecule has 0 amide bonds. The number of hydrogen-bond acceptors (Lipinski definition) is 3. The van der Waals surface area contributed by atoms with Gasteiger partial charge in [-0.25, -0.2) is 9.67 Å². The van der Waals surface area contributed by atoms with Gasteiger partial charge in [0.1, 0.15) is 6.33 Å². The van der Waals surface area contributed by atoms with Crippen molar-refractivity contribution < 1.29 is 0 Å². The van der Waals surface area contributed by atoms with Gasteiger partial charge in [-0.3, -0.25) is 4.68 Å². The van der Waals surface area contributed by atoms with Crippen molar-refractivity contribution in [3.05, 3.63) is 52.1 Å². The first-order chi connectivity index (χ1) is 10.1. The second kappa shape index (κ2) is 5.97. The Kier molecular flexibility index (Phi) is 4.05. The Balaban J connectivity index is 1.76. The Bertz CT molecular complexity index is 727. The second-order valence-corrected chi connectivity index (χ2v) is 6.40. The molecule has 3 aromatic rings. The highest BCUT2D eigenvalue weighted by atomic mass is 127. The number of halogens is 1. The Labute approximate surface area is 137 Å². The summed E-state index contributed by atoms with van der Waals surface area (Å²) < 4.78 is 4.97. The Morgan fingerprint density at radius 2 is 1.86 bits per heavy atom. The van der Waals surface area contributed by atoms with E-state index in [-0.39, 0.29) is 0 Å². The summed E-state index contributed by atoms with van der Waals surface area (Å²) in [5, 5.41) is 9.04. The summed E-state index contributed by atoms with van der Waals surface area (Å²) in [5.74, 6) is 0.745. The Morgan fingerprint density at radius 3 is 2.52 bits per heavy atom. The molecule has 0 saturated carbocycles. The topological polar surface area (TPSA) is 48.5 Å². The molecule has 0 bridgehead atoms. The molecule has 5 nitrogen and oxygen atoms in total. The lowest BCUT2D eigenvalue weighted by atomic mass is 10.2. The number of rotatable bonds is 4. The fraction of sp³-hybridized carbons (Fsp3) is 0.267. The van der Waals surface area contributed by atoms with E-state index in [0.29, 0.717) is 12.6 Å². The average molecular weight is 393 g/mol. The number of nitrogens with zero attached hydrogens (tertiary/aromatic N) is 5. The van der Waals surface area contributed by atoms with Crippen LogP contribution in [0.4, 0.5) is 0 Å². The van der Waals surface area contributed by atoms with Gasteiger partial charge in [-0.05, 0) is 54.6 Å². The third-order valence-corrected chi connectivity index (χ3v) is 3.87. The van der Waals surface area contributed by atoms with Gasteiger partial charge in [0.25, 0.3) is 0 Å². The minimum absolute atomic E-state index is 0.372. The highest BCUT2D eigenvalue weighted by molar-refractivity contribution is 14.1. The van der Waals surface area contributed by atoms with Crippen molar-refractivity contribution in [2.75, 3.05) is 0 Å². The average Bonchev–Trinajstić information content (AvgIpc) is 3.10. The highest BCUT2D eigenvalue weighted by Crippen LogP contribution is 2.16. The van der Waals surface area contributed by atoms with Crippen LogP contribution in [0.15, 0.2) is 42.9 Å². The minimum Gasteiger partial charge on any atom is -0.270 e. The molecule has 0 aliphatic heterocycles. The van der Waals surface area contributed by atoms with Crippen LogP contribution < -0.4 is 0 Å². The lowest BCUT2D eigenvalue weighted by Gasteiger charge is -2.03. The van der Waals surface area contributed by atoms with Crippen LogP contribution in [-0.2, 0) is 6.54 Å². The summed E-state index contributed by atoms with van der Waals surface area (Å²) in [4.78, 5) is 4.37. The van der Waals surface area contributed by atoms with E-state index in [1.54, 1.807) is 6.33 Å². The third kappa shape index (κ3) is 3.31. The van der Waals surface area contributed by atoms with Gasteiger partial charge < -0.3 is 0 Å². The molecule has 0 aliphatic rings. The predicted octanol–water partition coefficient (Wildman–Crippen LogP) is 3.38. The van der Waals surface area contributed by atoms with Gasteiger partial charge in [-0.15, -0.1) is 0 Å². The van der Waals surface area contributed by atoms with E-state index in [9.17, 15) is 0 Å². The minimum atomic E-state index is 0.372. The Hall–Kier alpha value is -1.70. The summed E-state index contributed by atoms with van der Waals surface area (Å²) in [6.07, 6.45) is 3.75. The first-order valence-corrected chi connectivity index (χ1v) is 7.89. The van der Waals surface area contributed by atoms with Crippen LogP contribution in [0.5, 0.6) is 0 Å². The molecular weight excluding hydrogens is 377 g/mol. The van der Waals surface area contributed by atoms with Crippen molar-refractivity contribution in [3.8, 4) is 11.4 Å². The van der Waals surface area contributed by atoms with Crippen molar-refractivity contribution in [1.29, 1.82) is 0 Å². The first-order valence-electron chi connectivity index (χ1n) is 6.81. The molecule has 0 atom stereocenters. The van der Waals surface area contributed by atoms with E-state index < -0.39 is 0 Å². The fourth-order valence-electron chi connectivity index (χ4n) is 2.02. The monoisotopic (exact) mass is 393 g/mol. The van der Waals surface area contributed by atoms with Crippen molar-refractivity contribution in [3.63, 3.8) is 0 Å². The van der Waals surface area contributed by atoms with E-state index >= 15 is 0 Å². The molecule has 2 heterocycles. The third-order valence-electron chi connectivity index (χ3n) is 3.16. The van der Waals surface area contributed by atoms with Crippen LogP contribution in [0.1, 0.15) is 25.6 Å². The van der Waals surface area contributed by atoms with E-state index in [4.69, 9.17) is 0 Å². The van der Waals surface area contributed by atoms with Gasteiger partial charge in [0, 0.05) is 21.4 Å². The predicted molar refractivity (Wildman–Crippen MR) is 89.9 cm³/mol. The molecule has 21 heavy (non-hydrogen) atoms. The fourth-order valence-corrected chi connectivity index (χ4v) is 2.38. The SMILES string of the molecule is CC(C)n1ccc(Cn2cnc(-c3ccc(I)cc3)n2)n1. The van der Waals surface area contributed by atoms with Crippen LogP contribution in [-0.4, -0.2) is 24.5 Å². The molecule has 0 spiro atoms. The van der Waals surface area contributed by atoms with Gasteiger partial charge in [0.15, 0.2) is 5.82 Å². The van der Waals surface area contributed by atoms with Gasteiger partial charge in [0.2, 0.25) is 0 Å². The molecule has 1 aromatic carbocycles. The molecule has 3 rings (SSSR count). The summed E-state index contributed by atoms with van der Waals surface area (Å²) in [6, 6.07) is 10.6. The van der Waals surface area contributed by atoms with Crippen LogP contribution in [0.2, 0.25) is 0 Å². The number of hydrogen-bond donors (Lipinski definition) is 0. The van der Waals surface area contributed by atoms with Gasteiger partial charge in [-0.1, -0.05) is 12.1 Å². The van der Waals surface area contributed by atoms with Gasteiger partial charge in [0.05, 0.1) is 12.2 Å². The Morgan fingerprint density at radius 1 is 1.10 bits per heavy atom. The standard InChI is InChI=1S/C15H16IN5/c1-11(2)21-8-7-14(18-21)9-20-10-17-15(19-20)12-3-5-13(16)6-4-12/h3-8,10-11H,9H2,1-2H3. The molecule has 0 radical (unpaired) electrons. The zero-order valence-corrected chi connectivity index (χ0v) is 14.1. The van der Waals surface area contributed by atoms with Crippen LogP contribution in [0, 0.1) is 3.57 Å². The zero-order chi connectivity index (χ0) is 14.8. The molecule has 0 aliphatic carbocycles. The van der Waals surface area contributed by atoms with Crippen molar-refractivity contribution in [2.45, 2.75) is 26.4 Å². The molecular formula is C15H16IN5. The van der Waals surface area contributed by atoms with Crippen molar-refractivity contribution in [1.82, 2.24) is 24.5 Å². The number of aromatic nitrogens is 5. The van der Waals surface area contributed by atoms with E-state index in [1.165, 1.54) is 3.57 Å². The van der Waals surface area contributed by atoms with Gasteiger partial charge in [-0.2, -0.15) is 10.2 Å². The lowest BCUT2D eigenvalue weighted by Crippen LogP contribution is -2.05. The van der Waals surface area contributed by atoms with Crippen molar-refractivity contribution in [2.24, 2.45) is 0 Å². The number of benzene rings is 1. The maximum atomic E-state index is 4.53. The van der Waals surface area contributed by atoms with Gasteiger partial charge >= 0.3 is 0 Å². The van der Waals surface area contributed by atoms with Crippen molar-refractivity contribution >= 4 is 22.6 Å². The van der Waals surface area contributed by atoms with E-state index in [2.05, 4.69) is 63.8 Å². The largest absolute Gasteiger partial charge is 0.270 e. The molecule has 0 N–H and O–H groups in total. The summed E-state index contributed by atoms with van der Waals surface area (Å²) >= 11 is 2.29. The maximum absolute atomic E-state index is 4.53. The highest BCUT2D eigenvalue weighted by Gasteiger charge is 2.07. The van der Waals surface area contributed by atoms with Crippen LogP contribution >= 0.6 is 22.6 Å². The van der Waals surface area contributed by atoms with E-state index in [0.717, 1.165) is 17.1 Å². The zero-order valence-electron chi connectivity index (χ0n) is 11.9. The summed E-state index contributed by atoms with van der Waals surface area (Å²) in [5.41, 5.74) is 2.02. The first kappa shape index (κ1) is 14.2. The molecule has 0 unspecified atom stereocenters. The quantitative estimate of drug-likeness (QED) is 0.639. The lowest BCUT2D eigenvalue weighted by molar-refractivity contribution is 0.521. The molecule has 108 valence electrons. The molecule has 0 fully saturated rings. The molecule has 0 saturated heterocycles. The normalized spacial score (nSPS) is 11.2. The second-order valence-electron chi connectivity index (χ2n) is 5.15. The molecule has 2 aromatic heterocycles. The summed E-state index contributed by atoms with van der Waals surface area (Å²) in [7, 11) is 0. The van der Waals surface area contributed by atoms with Crippen LogP contribution in [0.25, 0.3) is 11.4 Å².